The number of phosphoric acid groups is 1. The van der Waals surface area contributed by atoms with Gasteiger partial charge in [-0.15, -0.1) is 0 Å². The Balaban J connectivity index is 4.25. The van der Waals surface area contributed by atoms with E-state index in [0.29, 0.717) is 6.61 Å². The lowest BCUT2D eigenvalue weighted by atomic mass is 10.1. The Morgan fingerprint density at radius 2 is 1.10 bits per heavy atom. The van der Waals surface area contributed by atoms with Gasteiger partial charge in [0.05, 0.1) is 26.4 Å². The highest BCUT2D eigenvalue weighted by molar-refractivity contribution is 7.47. The van der Waals surface area contributed by atoms with Crippen molar-refractivity contribution < 1.29 is 43.0 Å². The molecule has 0 heterocycles. The average Bonchev–Trinajstić information content (AvgIpc) is 2.96. The molecule has 0 aliphatic rings. The van der Waals surface area contributed by atoms with E-state index in [4.69, 9.17) is 19.1 Å². The van der Waals surface area contributed by atoms with Gasteiger partial charge in [-0.2, -0.15) is 0 Å². The molecular formula is C31H63O9P. The van der Waals surface area contributed by atoms with Crippen molar-refractivity contribution in [1.29, 1.82) is 0 Å². The number of rotatable bonds is 32. The number of esters is 1. The molecule has 0 aromatic carbocycles. The third kappa shape index (κ3) is 29.3. The standard InChI is InChI=1S/C31H63O9P/c1-3-5-7-9-11-13-14-15-16-18-20-22-24-37-27-30(28-39-41(35,36)38-26-29(33)25-32)40-31(34)23-21-19-17-12-10-8-6-4-2/h29-30,32-33H,3-28H2,1-2H3,(H,35,36)/t29-,30+/m0/s1. The molecule has 0 saturated carbocycles. The summed E-state index contributed by atoms with van der Waals surface area (Å²) in [7, 11) is -4.49. The summed E-state index contributed by atoms with van der Waals surface area (Å²) < 4.78 is 33.0. The van der Waals surface area contributed by atoms with Crippen LogP contribution in [-0.4, -0.2) is 66.3 Å². The van der Waals surface area contributed by atoms with E-state index < -0.39 is 33.2 Å². The smallest absolute Gasteiger partial charge is 0.457 e. The number of aliphatic hydroxyl groups excluding tert-OH is 2. The quantitative estimate of drug-likeness (QED) is 0.0399. The normalized spacial score (nSPS) is 14.6. The monoisotopic (exact) mass is 610 g/mol. The Kier molecular flexibility index (Phi) is 29.1. The van der Waals surface area contributed by atoms with Gasteiger partial charge in [0.1, 0.15) is 12.2 Å². The number of unbranched alkanes of at least 4 members (excludes halogenated alkanes) is 18. The molecular weight excluding hydrogens is 547 g/mol. The molecule has 9 nitrogen and oxygen atoms in total. The molecule has 0 fully saturated rings. The second-order valence-electron chi connectivity index (χ2n) is 11.2. The van der Waals surface area contributed by atoms with E-state index in [1.807, 2.05) is 0 Å². The van der Waals surface area contributed by atoms with Crippen molar-refractivity contribution in [1.82, 2.24) is 0 Å². The fourth-order valence-corrected chi connectivity index (χ4v) is 5.26. The van der Waals surface area contributed by atoms with Crippen molar-refractivity contribution in [2.75, 3.05) is 33.0 Å². The van der Waals surface area contributed by atoms with Crippen LogP contribution in [0.2, 0.25) is 0 Å². The Hall–Kier alpha value is -0.540. The minimum Gasteiger partial charge on any atom is -0.457 e. The van der Waals surface area contributed by atoms with Gasteiger partial charge >= 0.3 is 13.8 Å². The number of hydrogen-bond acceptors (Lipinski definition) is 8. The molecule has 1 unspecified atom stereocenters. The first kappa shape index (κ1) is 40.5. The largest absolute Gasteiger partial charge is 0.472 e. The predicted octanol–water partition coefficient (Wildman–Crippen LogP) is 7.63. The molecule has 0 radical (unpaired) electrons. The molecule has 0 amide bonds. The summed E-state index contributed by atoms with van der Waals surface area (Å²) in [5.74, 6) is -0.386. The molecule has 0 aliphatic carbocycles. The van der Waals surface area contributed by atoms with Gasteiger partial charge in [0, 0.05) is 13.0 Å². The van der Waals surface area contributed by atoms with Gasteiger partial charge in [0.25, 0.3) is 0 Å². The Labute approximate surface area is 250 Å². The third-order valence-corrected chi connectivity index (χ3v) is 7.99. The summed E-state index contributed by atoms with van der Waals surface area (Å²) in [4.78, 5) is 22.2. The minimum absolute atomic E-state index is 0.0560. The first-order chi connectivity index (χ1) is 19.8. The summed E-state index contributed by atoms with van der Waals surface area (Å²) in [5.41, 5.74) is 0. The molecule has 0 rings (SSSR count). The number of phosphoric ester groups is 1. The second kappa shape index (κ2) is 29.5. The lowest BCUT2D eigenvalue weighted by Crippen LogP contribution is -2.29. The Morgan fingerprint density at radius 1 is 0.659 bits per heavy atom. The molecule has 0 saturated heterocycles. The van der Waals surface area contributed by atoms with Crippen LogP contribution in [0.4, 0.5) is 0 Å². The van der Waals surface area contributed by atoms with Gasteiger partial charge < -0.3 is 24.6 Å². The molecule has 246 valence electrons. The summed E-state index contributed by atoms with van der Waals surface area (Å²) in [6, 6.07) is 0. The summed E-state index contributed by atoms with van der Waals surface area (Å²) in [6.07, 6.45) is 22.1. The molecule has 3 atom stereocenters. The molecule has 0 aromatic rings. The van der Waals surface area contributed by atoms with Crippen LogP contribution < -0.4 is 0 Å². The minimum atomic E-state index is -4.49. The van der Waals surface area contributed by atoms with E-state index in [1.54, 1.807) is 0 Å². The molecule has 0 bridgehead atoms. The van der Waals surface area contributed by atoms with Crippen molar-refractivity contribution in [3.8, 4) is 0 Å². The van der Waals surface area contributed by atoms with Crippen LogP contribution in [-0.2, 0) is 27.9 Å². The van der Waals surface area contributed by atoms with E-state index >= 15 is 0 Å². The van der Waals surface area contributed by atoms with Crippen LogP contribution in [0, 0.1) is 0 Å². The first-order valence-corrected chi connectivity index (χ1v) is 18.0. The van der Waals surface area contributed by atoms with E-state index in [-0.39, 0.29) is 25.6 Å². The highest BCUT2D eigenvalue weighted by Gasteiger charge is 2.26. The molecule has 3 N–H and O–H groups in total. The van der Waals surface area contributed by atoms with E-state index in [0.717, 1.165) is 32.1 Å². The maximum absolute atomic E-state index is 12.4. The highest BCUT2D eigenvalue weighted by atomic mass is 31.2. The Morgan fingerprint density at radius 3 is 1.59 bits per heavy atom. The van der Waals surface area contributed by atoms with E-state index in [2.05, 4.69) is 18.4 Å². The van der Waals surface area contributed by atoms with Crippen molar-refractivity contribution in [3.63, 3.8) is 0 Å². The zero-order valence-electron chi connectivity index (χ0n) is 26.3. The second-order valence-corrected chi connectivity index (χ2v) is 12.7. The Bertz CT molecular complexity index is 620. The van der Waals surface area contributed by atoms with Gasteiger partial charge in [-0.05, 0) is 12.8 Å². The van der Waals surface area contributed by atoms with Crippen molar-refractivity contribution in [2.24, 2.45) is 0 Å². The molecule has 41 heavy (non-hydrogen) atoms. The predicted molar refractivity (Wildman–Crippen MR) is 164 cm³/mol. The van der Waals surface area contributed by atoms with Gasteiger partial charge in [-0.3, -0.25) is 13.8 Å². The average molecular weight is 611 g/mol. The van der Waals surface area contributed by atoms with Crippen LogP contribution in [0.15, 0.2) is 0 Å². The molecule has 10 heteroatoms. The lowest BCUT2D eigenvalue weighted by Gasteiger charge is -2.20. The van der Waals surface area contributed by atoms with Crippen LogP contribution >= 0.6 is 7.82 Å². The first-order valence-electron chi connectivity index (χ1n) is 16.5. The summed E-state index contributed by atoms with van der Waals surface area (Å²) in [6.45, 7) is 3.48. The SMILES string of the molecule is CCCCCCCCCCCCCCOC[C@H](COP(=O)(O)OC[C@@H](O)CO)OC(=O)CCCCCCCCCC. The van der Waals surface area contributed by atoms with E-state index in [1.165, 1.54) is 96.3 Å². The fourth-order valence-electron chi connectivity index (χ4n) is 4.47. The number of ether oxygens (including phenoxy) is 2. The van der Waals surface area contributed by atoms with E-state index in [9.17, 15) is 19.4 Å². The number of hydrogen-bond donors (Lipinski definition) is 3. The maximum Gasteiger partial charge on any atom is 0.472 e. The number of carbonyl (C=O) groups is 1. The topological polar surface area (TPSA) is 132 Å². The van der Waals surface area contributed by atoms with Crippen molar-refractivity contribution in [2.45, 2.75) is 161 Å². The summed E-state index contributed by atoms with van der Waals surface area (Å²) >= 11 is 0. The zero-order valence-corrected chi connectivity index (χ0v) is 27.2. The molecule has 0 aromatic heterocycles. The number of aliphatic hydroxyl groups is 2. The highest BCUT2D eigenvalue weighted by Crippen LogP contribution is 2.43. The van der Waals surface area contributed by atoms with Crippen LogP contribution in [0.1, 0.15) is 149 Å². The zero-order chi connectivity index (χ0) is 30.4. The number of carbonyl (C=O) groups excluding carboxylic acids is 1. The van der Waals surface area contributed by atoms with Crippen LogP contribution in [0.3, 0.4) is 0 Å². The van der Waals surface area contributed by atoms with Crippen LogP contribution in [0.25, 0.3) is 0 Å². The maximum atomic E-state index is 12.4. The lowest BCUT2D eigenvalue weighted by molar-refractivity contribution is -0.154. The van der Waals surface area contributed by atoms with Crippen molar-refractivity contribution >= 4 is 13.8 Å². The third-order valence-electron chi connectivity index (χ3n) is 7.04. The van der Waals surface area contributed by atoms with Crippen LogP contribution in [0.5, 0.6) is 0 Å². The molecule has 0 spiro atoms. The van der Waals surface area contributed by atoms with Gasteiger partial charge in [-0.1, -0.05) is 129 Å². The van der Waals surface area contributed by atoms with Crippen molar-refractivity contribution in [3.05, 3.63) is 0 Å². The van der Waals surface area contributed by atoms with Gasteiger partial charge in [0.15, 0.2) is 0 Å². The molecule has 0 aliphatic heterocycles. The fraction of sp³-hybridized carbons (Fsp3) is 0.968. The summed E-state index contributed by atoms with van der Waals surface area (Å²) in [5, 5.41) is 18.2. The van der Waals surface area contributed by atoms with Gasteiger partial charge in [-0.25, -0.2) is 4.57 Å². The van der Waals surface area contributed by atoms with Gasteiger partial charge in [0.2, 0.25) is 0 Å².